The average Bonchev–Trinajstić information content (AvgIpc) is 3.51. The molecule has 6 heteroatoms. The smallest absolute Gasteiger partial charge is 0.253 e. The number of hydrogen-bond donors (Lipinski definition) is 0. The lowest BCUT2D eigenvalue weighted by Crippen LogP contribution is -2.55. The molecule has 2 aromatic carbocycles. The van der Waals surface area contributed by atoms with Crippen LogP contribution in [0.5, 0.6) is 0 Å². The summed E-state index contributed by atoms with van der Waals surface area (Å²) in [4.78, 5) is 47.0. The second-order valence-corrected chi connectivity index (χ2v) is 9.14. The van der Waals surface area contributed by atoms with Gasteiger partial charge in [-0.2, -0.15) is 0 Å². The van der Waals surface area contributed by atoms with E-state index < -0.39 is 17.4 Å². The van der Waals surface area contributed by atoms with Crippen LogP contribution in [0.1, 0.15) is 24.0 Å². The molecule has 6 nitrogen and oxygen atoms in total. The first-order chi connectivity index (χ1) is 15.6. The molecule has 3 fully saturated rings. The first kappa shape index (κ1) is 19.4. The third-order valence-electron chi connectivity index (χ3n) is 7.73. The van der Waals surface area contributed by atoms with Crippen molar-refractivity contribution >= 4 is 23.4 Å². The maximum absolute atomic E-state index is 14.1. The molecular weight excluding hydrogens is 402 g/mol. The Morgan fingerprint density at radius 2 is 1.72 bits per heavy atom. The third kappa shape index (κ3) is 2.25. The summed E-state index contributed by atoms with van der Waals surface area (Å²) in [7, 11) is 0. The number of para-hydroxylation sites is 1. The number of likely N-dealkylation sites (tertiary alicyclic amines) is 1. The Bertz CT molecular complexity index is 1150. The Morgan fingerprint density at radius 3 is 2.50 bits per heavy atom. The molecule has 162 valence electrons. The van der Waals surface area contributed by atoms with E-state index in [9.17, 15) is 14.4 Å². The zero-order chi connectivity index (χ0) is 22.0. The van der Waals surface area contributed by atoms with Gasteiger partial charge in [-0.3, -0.25) is 24.2 Å². The molecule has 4 aliphatic rings. The van der Waals surface area contributed by atoms with Gasteiger partial charge in [0.25, 0.3) is 5.91 Å². The normalized spacial score (nSPS) is 30.9. The number of hydrogen-bond acceptors (Lipinski definition) is 4. The van der Waals surface area contributed by atoms with Gasteiger partial charge in [0.2, 0.25) is 11.8 Å². The first-order valence-corrected chi connectivity index (χ1v) is 11.3. The van der Waals surface area contributed by atoms with Gasteiger partial charge in [0.15, 0.2) is 0 Å². The van der Waals surface area contributed by atoms with E-state index in [1.807, 2.05) is 54.6 Å². The number of imide groups is 1. The largest absolute Gasteiger partial charge is 0.306 e. The molecule has 6 rings (SSSR count). The van der Waals surface area contributed by atoms with Crippen LogP contribution >= 0.6 is 0 Å². The number of fused-ring (bicyclic) bond motifs is 7. The van der Waals surface area contributed by atoms with Crippen molar-refractivity contribution in [2.45, 2.75) is 31.0 Å². The number of carbonyl (C=O) groups is 3. The van der Waals surface area contributed by atoms with Crippen molar-refractivity contribution in [1.82, 2.24) is 9.80 Å². The lowest BCUT2D eigenvalue weighted by molar-refractivity contribution is -0.146. The van der Waals surface area contributed by atoms with E-state index in [0.29, 0.717) is 6.54 Å². The number of amides is 3. The van der Waals surface area contributed by atoms with Crippen LogP contribution in [0.15, 0.2) is 67.3 Å². The average molecular weight is 428 g/mol. The standard InChI is InChI=1S/C26H25N3O3/c1-2-14-27-19-12-7-6-11-18(19)26(25(27)32)22-21(20-13-8-15-29(20)26)23(30)28(24(22)31)16-17-9-4-3-5-10-17/h2-7,9-12,20-22H,1,8,13-16H2/t20-,21-,22-,26-/m0/s1. The molecule has 0 aliphatic carbocycles. The molecule has 0 bridgehead atoms. The van der Waals surface area contributed by atoms with Crippen LogP contribution in [-0.2, 0) is 26.5 Å². The fourth-order valence-electron chi connectivity index (χ4n) is 6.63. The van der Waals surface area contributed by atoms with E-state index in [1.54, 1.807) is 11.0 Å². The van der Waals surface area contributed by atoms with Crippen LogP contribution in [0.3, 0.4) is 0 Å². The summed E-state index contributed by atoms with van der Waals surface area (Å²) in [6.45, 7) is 5.18. The van der Waals surface area contributed by atoms with Crippen LogP contribution in [0.25, 0.3) is 0 Å². The van der Waals surface area contributed by atoms with Crippen molar-refractivity contribution in [3.63, 3.8) is 0 Å². The van der Waals surface area contributed by atoms with E-state index in [1.165, 1.54) is 4.90 Å². The maximum Gasteiger partial charge on any atom is 0.253 e. The van der Waals surface area contributed by atoms with Gasteiger partial charge in [0.05, 0.1) is 18.4 Å². The number of anilines is 1. The van der Waals surface area contributed by atoms with Gasteiger partial charge in [-0.1, -0.05) is 54.6 Å². The Balaban J connectivity index is 1.51. The topological polar surface area (TPSA) is 60.9 Å². The van der Waals surface area contributed by atoms with Crippen LogP contribution < -0.4 is 4.90 Å². The highest BCUT2D eigenvalue weighted by Gasteiger charge is 2.75. The van der Waals surface area contributed by atoms with E-state index in [2.05, 4.69) is 11.5 Å². The molecule has 0 unspecified atom stereocenters. The van der Waals surface area contributed by atoms with E-state index in [0.717, 1.165) is 36.2 Å². The summed E-state index contributed by atoms with van der Waals surface area (Å²) in [6, 6.07) is 17.2. The second kappa shape index (κ2) is 6.87. The number of rotatable bonds is 4. The third-order valence-corrected chi connectivity index (χ3v) is 7.73. The maximum atomic E-state index is 14.1. The van der Waals surface area contributed by atoms with Crippen molar-refractivity contribution in [3.05, 3.63) is 78.4 Å². The summed E-state index contributed by atoms with van der Waals surface area (Å²) in [5, 5.41) is 0. The van der Waals surface area contributed by atoms with Gasteiger partial charge in [0, 0.05) is 23.8 Å². The van der Waals surface area contributed by atoms with Crippen molar-refractivity contribution in [3.8, 4) is 0 Å². The lowest BCUT2D eigenvalue weighted by atomic mass is 9.75. The monoisotopic (exact) mass is 427 g/mol. The summed E-state index contributed by atoms with van der Waals surface area (Å²) < 4.78 is 0. The zero-order valence-corrected chi connectivity index (χ0v) is 17.8. The predicted octanol–water partition coefficient (Wildman–Crippen LogP) is 2.69. The highest BCUT2D eigenvalue weighted by Crippen LogP contribution is 2.61. The summed E-state index contributed by atoms with van der Waals surface area (Å²) in [5.41, 5.74) is 1.49. The van der Waals surface area contributed by atoms with Crippen LogP contribution in [-0.4, -0.2) is 46.7 Å². The minimum atomic E-state index is -1.11. The Kier molecular flexibility index (Phi) is 4.17. The van der Waals surface area contributed by atoms with E-state index in [4.69, 9.17) is 0 Å². The van der Waals surface area contributed by atoms with Crippen LogP contribution in [0.4, 0.5) is 5.69 Å². The van der Waals surface area contributed by atoms with Gasteiger partial charge >= 0.3 is 0 Å². The molecule has 0 aromatic heterocycles. The molecule has 0 radical (unpaired) electrons. The molecule has 2 aromatic rings. The molecule has 4 aliphatic heterocycles. The summed E-state index contributed by atoms with van der Waals surface area (Å²) in [5.74, 6) is -1.62. The number of carbonyl (C=O) groups excluding carboxylic acids is 3. The molecule has 4 heterocycles. The molecule has 1 spiro atoms. The van der Waals surface area contributed by atoms with E-state index >= 15 is 0 Å². The fourth-order valence-corrected chi connectivity index (χ4v) is 6.63. The summed E-state index contributed by atoms with van der Waals surface area (Å²) >= 11 is 0. The molecule has 0 saturated carbocycles. The fraction of sp³-hybridized carbons (Fsp3) is 0.346. The van der Waals surface area contributed by atoms with Crippen molar-refractivity contribution in [2.75, 3.05) is 18.0 Å². The minimum Gasteiger partial charge on any atom is -0.306 e. The van der Waals surface area contributed by atoms with Gasteiger partial charge < -0.3 is 4.90 Å². The van der Waals surface area contributed by atoms with Gasteiger partial charge in [-0.15, -0.1) is 6.58 Å². The van der Waals surface area contributed by atoms with Gasteiger partial charge in [-0.05, 0) is 31.0 Å². The van der Waals surface area contributed by atoms with E-state index in [-0.39, 0.29) is 30.3 Å². The molecular formula is C26H25N3O3. The highest BCUT2D eigenvalue weighted by molar-refractivity contribution is 6.16. The molecule has 3 saturated heterocycles. The highest BCUT2D eigenvalue weighted by atomic mass is 16.2. The Hall–Kier alpha value is -3.25. The van der Waals surface area contributed by atoms with Crippen molar-refractivity contribution in [1.29, 1.82) is 0 Å². The van der Waals surface area contributed by atoms with Gasteiger partial charge in [0.1, 0.15) is 5.54 Å². The minimum absolute atomic E-state index is 0.0853. The zero-order valence-electron chi connectivity index (χ0n) is 17.8. The van der Waals surface area contributed by atoms with Crippen molar-refractivity contribution < 1.29 is 14.4 Å². The molecule has 4 atom stereocenters. The predicted molar refractivity (Wildman–Crippen MR) is 119 cm³/mol. The summed E-state index contributed by atoms with van der Waals surface area (Å²) in [6.07, 6.45) is 3.47. The quantitative estimate of drug-likeness (QED) is 0.556. The molecule has 32 heavy (non-hydrogen) atoms. The SMILES string of the molecule is C=CCN1C(=O)[C@]2(c3ccccc31)[C@@H]1C(=O)N(Cc3ccccc3)C(=O)[C@H]1[C@@H]1CCCN12. The van der Waals surface area contributed by atoms with Crippen molar-refractivity contribution in [2.24, 2.45) is 11.8 Å². The second-order valence-electron chi connectivity index (χ2n) is 9.14. The molecule has 3 amide bonds. The lowest BCUT2D eigenvalue weighted by Gasteiger charge is -2.37. The van der Waals surface area contributed by atoms with Gasteiger partial charge in [-0.25, -0.2) is 0 Å². The molecule has 0 N–H and O–H groups in total. The van der Waals surface area contributed by atoms with Crippen LogP contribution in [0.2, 0.25) is 0 Å². The Labute approximate surface area is 187 Å². The Morgan fingerprint density at radius 1 is 0.969 bits per heavy atom. The van der Waals surface area contributed by atoms with Crippen LogP contribution in [0, 0.1) is 11.8 Å². The number of benzene rings is 2. The number of nitrogens with zero attached hydrogens (tertiary/aromatic N) is 3. The first-order valence-electron chi connectivity index (χ1n) is 11.3.